The van der Waals surface area contributed by atoms with Crippen LogP contribution < -0.4 is 10.6 Å². The van der Waals surface area contributed by atoms with Crippen LogP contribution >= 0.6 is 23.7 Å². The summed E-state index contributed by atoms with van der Waals surface area (Å²) in [6, 6.07) is 1.93. The molecule has 0 radical (unpaired) electrons. The third kappa shape index (κ3) is 3.95. The number of ether oxygens (including phenoxy) is 1. The Hall–Kier alpha value is -0.620. The summed E-state index contributed by atoms with van der Waals surface area (Å²) in [5.74, 6) is 0.0166. The molecule has 0 saturated carbocycles. The van der Waals surface area contributed by atoms with Crippen molar-refractivity contribution in [3.63, 3.8) is 0 Å². The molecule has 6 heteroatoms. The van der Waals surface area contributed by atoms with E-state index in [1.807, 2.05) is 13.8 Å². The molecule has 2 N–H and O–H groups in total. The predicted octanol–water partition coefficient (Wildman–Crippen LogP) is 2.34. The normalized spacial score (nSPS) is 23.8. The first-order chi connectivity index (χ1) is 8.99. The first-order valence-corrected chi connectivity index (χ1v) is 7.53. The number of hydrogen-bond acceptors (Lipinski definition) is 4. The lowest BCUT2D eigenvalue weighted by Gasteiger charge is -2.30. The van der Waals surface area contributed by atoms with Gasteiger partial charge in [-0.05, 0) is 39.3 Å². The highest BCUT2D eigenvalue weighted by molar-refractivity contribution is 7.12. The summed E-state index contributed by atoms with van der Waals surface area (Å²) >= 11 is 1.77. The van der Waals surface area contributed by atoms with Crippen molar-refractivity contribution in [3.8, 4) is 0 Å². The van der Waals surface area contributed by atoms with E-state index in [-0.39, 0.29) is 36.5 Å². The highest BCUT2D eigenvalue weighted by atomic mass is 35.5. The van der Waals surface area contributed by atoms with Gasteiger partial charge < -0.3 is 15.4 Å². The molecule has 4 nitrogen and oxygen atoms in total. The molecular weight excluding hydrogens is 296 g/mol. The van der Waals surface area contributed by atoms with Crippen molar-refractivity contribution in [1.29, 1.82) is 0 Å². The zero-order valence-electron chi connectivity index (χ0n) is 12.4. The predicted molar refractivity (Wildman–Crippen MR) is 84.8 cm³/mol. The van der Waals surface area contributed by atoms with Crippen LogP contribution in [0.3, 0.4) is 0 Å². The zero-order chi connectivity index (χ0) is 14.0. The molecule has 1 amide bonds. The number of aryl methyl sites for hydroxylation is 2. The van der Waals surface area contributed by atoms with Crippen LogP contribution in [0, 0.1) is 13.8 Å². The number of nitrogens with one attached hydrogen (secondary N) is 2. The minimum Gasteiger partial charge on any atom is -0.375 e. The van der Waals surface area contributed by atoms with Gasteiger partial charge in [-0.2, -0.15) is 0 Å². The summed E-state index contributed by atoms with van der Waals surface area (Å²) in [5.41, 5.74) is 1.21. The molecule has 1 aromatic rings. The van der Waals surface area contributed by atoms with Crippen LogP contribution in [0.2, 0.25) is 0 Å². The van der Waals surface area contributed by atoms with Gasteiger partial charge in [0.2, 0.25) is 5.91 Å². The van der Waals surface area contributed by atoms with Gasteiger partial charge in [0, 0.05) is 16.3 Å². The molecule has 1 aromatic heterocycles. The second kappa shape index (κ2) is 7.41. The Morgan fingerprint density at radius 2 is 2.25 bits per heavy atom. The number of rotatable bonds is 3. The molecule has 1 fully saturated rings. The average Bonchev–Trinajstić information content (AvgIpc) is 2.69. The van der Waals surface area contributed by atoms with Crippen molar-refractivity contribution >= 4 is 29.7 Å². The number of carbonyl (C=O) groups excluding carboxylic acids is 1. The largest absolute Gasteiger partial charge is 0.375 e. The van der Waals surface area contributed by atoms with Gasteiger partial charge in [-0.15, -0.1) is 23.7 Å². The van der Waals surface area contributed by atoms with Gasteiger partial charge in [0.05, 0.1) is 18.8 Å². The smallest absolute Gasteiger partial charge is 0.240 e. The lowest BCUT2D eigenvalue weighted by atomic mass is 10.1. The molecule has 114 valence electrons. The van der Waals surface area contributed by atoms with Crippen molar-refractivity contribution in [2.75, 3.05) is 13.2 Å². The van der Waals surface area contributed by atoms with Gasteiger partial charge in [0.15, 0.2) is 0 Å². The Balaban J connectivity index is 0.00000200. The van der Waals surface area contributed by atoms with Crippen molar-refractivity contribution in [3.05, 3.63) is 21.4 Å². The summed E-state index contributed by atoms with van der Waals surface area (Å²) in [5, 5.41) is 6.29. The minimum atomic E-state index is -0.253. The number of hydrogen-bond donors (Lipinski definition) is 2. The van der Waals surface area contributed by atoms with Crippen LogP contribution in [0.25, 0.3) is 0 Å². The average molecular weight is 319 g/mol. The molecule has 1 unspecified atom stereocenters. The minimum absolute atomic E-state index is 0. The number of morpholine rings is 1. The highest BCUT2D eigenvalue weighted by Crippen LogP contribution is 2.26. The molecule has 0 aliphatic carbocycles. The van der Waals surface area contributed by atoms with E-state index < -0.39 is 0 Å². The Bertz CT molecular complexity index is 464. The molecule has 1 aliphatic heterocycles. The number of thiophene rings is 1. The van der Waals surface area contributed by atoms with Gasteiger partial charge in [-0.1, -0.05) is 0 Å². The van der Waals surface area contributed by atoms with E-state index in [2.05, 4.69) is 30.5 Å². The Morgan fingerprint density at radius 3 is 2.80 bits per heavy atom. The number of halogens is 1. The molecule has 0 aromatic carbocycles. The summed E-state index contributed by atoms with van der Waals surface area (Å²) in [6.07, 6.45) is -0.0775. The fourth-order valence-corrected chi connectivity index (χ4v) is 3.51. The molecule has 2 heterocycles. The van der Waals surface area contributed by atoms with Crippen LogP contribution in [-0.4, -0.2) is 31.2 Å². The Morgan fingerprint density at radius 1 is 1.55 bits per heavy atom. The van der Waals surface area contributed by atoms with Crippen molar-refractivity contribution in [1.82, 2.24) is 10.6 Å². The zero-order valence-corrected chi connectivity index (χ0v) is 14.0. The third-order valence-corrected chi connectivity index (χ3v) is 4.49. The van der Waals surface area contributed by atoms with E-state index in [0.717, 1.165) is 6.54 Å². The molecule has 0 spiro atoms. The lowest BCUT2D eigenvalue weighted by molar-refractivity contribution is -0.129. The maximum atomic E-state index is 12.3. The fraction of sp³-hybridized carbons (Fsp3) is 0.643. The highest BCUT2D eigenvalue weighted by Gasteiger charge is 2.29. The van der Waals surface area contributed by atoms with Crippen LogP contribution in [-0.2, 0) is 9.53 Å². The summed E-state index contributed by atoms with van der Waals surface area (Å²) in [6.45, 7) is 9.55. The van der Waals surface area contributed by atoms with Gasteiger partial charge in [0.1, 0.15) is 6.04 Å². The number of carbonyl (C=O) groups is 1. The monoisotopic (exact) mass is 318 g/mol. The maximum Gasteiger partial charge on any atom is 0.240 e. The standard InChI is InChI=1S/C14H22N2O2S.ClH/c1-8-7-12(11(4)19-8)9(2)16-14(17)13-10(3)18-6-5-15-13;/h7,9-10,13,15H,5-6H2,1-4H3,(H,16,17);1H/t9?,10-,13+;/m1./s1. The molecule has 0 bridgehead atoms. The van der Waals surface area contributed by atoms with Gasteiger partial charge in [-0.3, -0.25) is 4.79 Å². The Kier molecular flexibility index (Phi) is 6.45. The maximum absolute atomic E-state index is 12.3. The van der Waals surface area contributed by atoms with E-state index in [1.165, 1.54) is 15.3 Å². The SMILES string of the molecule is Cc1cc(C(C)NC(=O)[C@H]2NCCO[C@@H]2C)c(C)s1.Cl. The van der Waals surface area contributed by atoms with Gasteiger partial charge in [0.25, 0.3) is 0 Å². The molecule has 20 heavy (non-hydrogen) atoms. The van der Waals surface area contributed by atoms with Crippen LogP contribution in [0.15, 0.2) is 6.07 Å². The van der Waals surface area contributed by atoms with E-state index in [0.29, 0.717) is 6.61 Å². The topological polar surface area (TPSA) is 50.4 Å². The van der Waals surface area contributed by atoms with E-state index >= 15 is 0 Å². The van der Waals surface area contributed by atoms with Crippen LogP contribution in [0.1, 0.15) is 35.2 Å². The summed E-state index contributed by atoms with van der Waals surface area (Å²) in [7, 11) is 0. The van der Waals surface area contributed by atoms with Crippen LogP contribution in [0.5, 0.6) is 0 Å². The van der Waals surface area contributed by atoms with E-state index in [1.54, 1.807) is 11.3 Å². The quantitative estimate of drug-likeness (QED) is 0.899. The summed E-state index contributed by atoms with van der Waals surface area (Å²) in [4.78, 5) is 14.8. The Labute approximate surface area is 130 Å². The third-order valence-electron chi connectivity index (χ3n) is 3.50. The van der Waals surface area contributed by atoms with Crippen molar-refractivity contribution in [2.45, 2.75) is 45.9 Å². The first kappa shape index (κ1) is 17.4. The molecule has 3 atom stereocenters. The van der Waals surface area contributed by atoms with E-state index in [4.69, 9.17) is 4.74 Å². The molecular formula is C14H23ClN2O2S. The van der Waals surface area contributed by atoms with Gasteiger partial charge >= 0.3 is 0 Å². The lowest BCUT2D eigenvalue weighted by Crippen LogP contribution is -2.55. The van der Waals surface area contributed by atoms with Crippen molar-refractivity contribution in [2.24, 2.45) is 0 Å². The molecule has 1 aliphatic rings. The van der Waals surface area contributed by atoms with Crippen LogP contribution in [0.4, 0.5) is 0 Å². The molecule has 1 saturated heterocycles. The van der Waals surface area contributed by atoms with Crippen molar-refractivity contribution < 1.29 is 9.53 Å². The second-order valence-corrected chi connectivity index (χ2v) is 6.57. The molecule has 2 rings (SSSR count). The summed E-state index contributed by atoms with van der Waals surface area (Å²) < 4.78 is 5.51. The second-order valence-electron chi connectivity index (χ2n) is 5.11. The van der Waals surface area contributed by atoms with E-state index in [9.17, 15) is 4.79 Å². The number of amides is 1. The first-order valence-electron chi connectivity index (χ1n) is 6.71. The fourth-order valence-electron chi connectivity index (χ4n) is 2.49. The van der Waals surface area contributed by atoms with Gasteiger partial charge in [-0.25, -0.2) is 0 Å².